The fraction of sp³-hybridized carbons (Fsp3) is 0. The SMILES string of the molecule is Clc1c[nH]c2nc(-c3ccncc3)ncc12. The second kappa shape index (κ2) is 3.57. The van der Waals surface area contributed by atoms with Gasteiger partial charge in [0, 0.05) is 30.4 Å². The first kappa shape index (κ1) is 9.30. The number of halogens is 1. The summed E-state index contributed by atoms with van der Waals surface area (Å²) in [5.74, 6) is 0.661. The number of aromatic amines is 1. The van der Waals surface area contributed by atoms with Gasteiger partial charge in [0.1, 0.15) is 5.65 Å². The lowest BCUT2D eigenvalue weighted by Gasteiger charge is -1.98. The standard InChI is InChI=1S/C11H7ClN4/c12-9-6-15-11-8(9)5-14-10(16-11)7-1-3-13-4-2-7/h1-6H,(H,14,15,16). The van der Waals surface area contributed by atoms with Crippen molar-refractivity contribution in [1.82, 2.24) is 19.9 Å². The van der Waals surface area contributed by atoms with Crippen molar-refractivity contribution in [1.29, 1.82) is 0 Å². The van der Waals surface area contributed by atoms with Crippen molar-refractivity contribution in [3.63, 3.8) is 0 Å². The van der Waals surface area contributed by atoms with Gasteiger partial charge in [0.2, 0.25) is 0 Å². The van der Waals surface area contributed by atoms with Gasteiger partial charge in [-0.3, -0.25) is 4.98 Å². The van der Waals surface area contributed by atoms with Crippen molar-refractivity contribution in [2.45, 2.75) is 0 Å². The van der Waals surface area contributed by atoms with Crippen molar-refractivity contribution in [2.75, 3.05) is 0 Å². The molecule has 0 radical (unpaired) electrons. The molecule has 3 rings (SSSR count). The number of aromatic nitrogens is 4. The third kappa shape index (κ3) is 1.44. The van der Waals surface area contributed by atoms with Gasteiger partial charge in [-0.2, -0.15) is 0 Å². The summed E-state index contributed by atoms with van der Waals surface area (Å²) in [5, 5.41) is 1.47. The molecule has 16 heavy (non-hydrogen) atoms. The van der Waals surface area contributed by atoms with E-state index in [2.05, 4.69) is 19.9 Å². The highest BCUT2D eigenvalue weighted by Crippen LogP contribution is 2.22. The van der Waals surface area contributed by atoms with E-state index in [1.54, 1.807) is 24.8 Å². The summed E-state index contributed by atoms with van der Waals surface area (Å²) in [7, 11) is 0. The van der Waals surface area contributed by atoms with Crippen molar-refractivity contribution in [2.24, 2.45) is 0 Å². The molecule has 0 aromatic carbocycles. The number of rotatable bonds is 1. The van der Waals surface area contributed by atoms with Crippen LogP contribution in [0, 0.1) is 0 Å². The van der Waals surface area contributed by atoms with Crippen LogP contribution in [0.5, 0.6) is 0 Å². The number of pyridine rings is 1. The van der Waals surface area contributed by atoms with E-state index in [0.717, 1.165) is 16.6 Å². The van der Waals surface area contributed by atoms with Crippen molar-refractivity contribution in [3.05, 3.63) is 41.9 Å². The Balaban J connectivity index is 2.19. The molecule has 0 aliphatic rings. The lowest BCUT2D eigenvalue weighted by Crippen LogP contribution is -1.89. The minimum Gasteiger partial charge on any atom is -0.344 e. The van der Waals surface area contributed by atoms with Gasteiger partial charge < -0.3 is 4.98 Å². The Morgan fingerprint density at radius 3 is 2.81 bits per heavy atom. The van der Waals surface area contributed by atoms with Crippen LogP contribution in [0.1, 0.15) is 0 Å². The maximum atomic E-state index is 5.95. The van der Waals surface area contributed by atoms with Crippen LogP contribution in [-0.2, 0) is 0 Å². The maximum Gasteiger partial charge on any atom is 0.161 e. The number of nitrogens with zero attached hydrogens (tertiary/aromatic N) is 3. The highest BCUT2D eigenvalue weighted by Gasteiger charge is 2.06. The lowest BCUT2D eigenvalue weighted by atomic mass is 10.2. The van der Waals surface area contributed by atoms with Gasteiger partial charge >= 0.3 is 0 Å². The molecule has 3 aromatic rings. The maximum absolute atomic E-state index is 5.95. The molecule has 5 heteroatoms. The molecule has 3 heterocycles. The van der Waals surface area contributed by atoms with E-state index in [-0.39, 0.29) is 0 Å². The van der Waals surface area contributed by atoms with E-state index in [1.165, 1.54) is 0 Å². The average Bonchev–Trinajstić information content (AvgIpc) is 2.72. The molecule has 0 bridgehead atoms. The first-order valence-corrected chi connectivity index (χ1v) is 5.12. The third-order valence-corrected chi connectivity index (χ3v) is 2.63. The van der Waals surface area contributed by atoms with Crippen LogP contribution in [-0.4, -0.2) is 19.9 Å². The Labute approximate surface area is 96.3 Å². The molecule has 0 aliphatic carbocycles. The molecule has 3 aromatic heterocycles. The number of hydrogen-bond donors (Lipinski definition) is 1. The predicted octanol–water partition coefficient (Wildman–Crippen LogP) is 2.67. The van der Waals surface area contributed by atoms with E-state index >= 15 is 0 Å². The minimum absolute atomic E-state index is 0.635. The van der Waals surface area contributed by atoms with E-state index in [9.17, 15) is 0 Å². The van der Waals surface area contributed by atoms with E-state index in [4.69, 9.17) is 11.6 Å². The lowest BCUT2D eigenvalue weighted by molar-refractivity contribution is 1.20. The second-order valence-corrected chi connectivity index (χ2v) is 3.74. The summed E-state index contributed by atoms with van der Waals surface area (Å²) in [6.07, 6.45) is 6.85. The summed E-state index contributed by atoms with van der Waals surface area (Å²) in [6.45, 7) is 0. The molecular weight excluding hydrogens is 224 g/mol. The molecule has 0 unspecified atom stereocenters. The van der Waals surface area contributed by atoms with Crippen LogP contribution in [0.2, 0.25) is 5.02 Å². The molecule has 78 valence electrons. The zero-order chi connectivity index (χ0) is 11.0. The Hall–Kier alpha value is -1.94. The van der Waals surface area contributed by atoms with Crippen LogP contribution in [0.25, 0.3) is 22.4 Å². The molecule has 0 aliphatic heterocycles. The summed E-state index contributed by atoms with van der Waals surface area (Å²) in [4.78, 5) is 15.6. The smallest absolute Gasteiger partial charge is 0.161 e. The fourth-order valence-electron chi connectivity index (χ4n) is 1.52. The molecule has 4 nitrogen and oxygen atoms in total. The Kier molecular flexibility index (Phi) is 2.08. The van der Waals surface area contributed by atoms with E-state index < -0.39 is 0 Å². The van der Waals surface area contributed by atoms with Gasteiger partial charge in [-0.15, -0.1) is 0 Å². The average molecular weight is 231 g/mol. The summed E-state index contributed by atoms with van der Waals surface area (Å²) in [5.41, 5.74) is 1.68. The van der Waals surface area contributed by atoms with Crippen molar-refractivity contribution < 1.29 is 0 Å². The highest BCUT2D eigenvalue weighted by molar-refractivity contribution is 6.35. The van der Waals surface area contributed by atoms with E-state index in [1.807, 2.05) is 12.1 Å². The second-order valence-electron chi connectivity index (χ2n) is 3.33. The van der Waals surface area contributed by atoms with Gasteiger partial charge in [-0.05, 0) is 12.1 Å². The van der Waals surface area contributed by atoms with Gasteiger partial charge in [0.05, 0.1) is 10.4 Å². The topological polar surface area (TPSA) is 54.5 Å². The number of nitrogens with one attached hydrogen (secondary N) is 1. The molecule has 1 N–H and O–H groups in total. The zero-order valence-corrected chi connectivity index (χ0v) is 8.94. The number of fused-ring (bicyclic) bond motifs is 1. The van der Waals surface area contributed by atoms with Crippen LogP contribution >= 0.6 is 11.6 Å². The highest BCUT2D eigenvalue weighted by atomic mass is 35.5. The predicted molar refractivity (Wildman–Crippen MR) is 62.1 cm³/mol. The Morgan fingerprint density at radius 1 is 1.19 bits per heavy atom. The first-order chi connectivity index (χ1) is 7.84. The van der Waals surface area contributed by atoms with Crippen LogP contribution < -0.4 is 0 Å². The Bertz CT molecular complexity index is 633. The zero-order valence-electron chi connectivity index (χ0n) is 8.18. The quantitative estimate of drug-likeness (QED) is 0.699. The number of H-pyrrole nitrogens is 1. The largest absolute Gasteiger partial charge is 0.344 e. The molecule has 0 atom stereocenters. The third-order valence-electron chi connectivity index (χ3n) is 2.32. The van der Waals surface area contributed by atoms with Gasteiger partial charge in [-0.1, -0.05) is 11.6 Å². The van der Waals surface area contributed by atoms with Crippen molar-refractivity contribution >= 4 is 22.6 Å². The summed E-state index contributed by atoms with van der Waals surface area (Å²) >= 11 is 5.95. The van der Waals surface area contributed by atoms with Gasteiger partial charge in [-0.25, -0.2) is 9.97 Å². The van der Waals surface area contributed by atoms with Gasteiger partial charge in [0.15, 0.2) is 5.82 Å². The molecule has 0 saturated heterocycles. The summed E-state index contributed by atoms with van der Waals surface area (Å²) < 4.78 is 0. The molecule has 0 fully saturated rings. The molecule has 0 saturated carbocycles. The van der Waals surface area contributed by atoms with Crippen LogP contribution in [0.4, 0.5) is 0 Å². The van der Waals surface area contributed by atoms with E-state index in [0.29, 0.717) is 10.8 Å². The minimum atomic E-state index is 0.635. The first-order valence-electron chi connectivity index (χ1n) is 4.74. The van der Waals surface area contributed by atoms with Crippen LogP contribution in [0.3, 0.4) is 0 Å². The molecule has 0 amide bonds. The molecular formula is C11H7ClN4. The summed E-state index contributed by atoms with van der Waals surface area (Å²) in [6, 6.07) is 3.73. The normalized spacial score (nSPS) is 10.8. The van der Waals surface area contributed by atoms with Gasteiger partial charge in [0.25, 0.3) is 0 Å². The van der Waals surface area contributed by atoms with Crippen LogP contribution in [0.15, 0.2) is 36.9 Å². The molecule has 0 spiro atoms. The monoisotopic (exact) mass is 230 g/mol. The van der Waals surface area contributed by atoms with Crippen molar-refractivity contribution in [3.8, 4) is 11.4 Å². The Morgan fingerprint density at radius 2 is 2.00 bits per heavy atom. The number of hydrogen-bond acceptors (Lipinski definition) is 3. The fourth-order valence-corrected chi connectivity index (χ4v) is 1.71.